The number of hydrogen-bond donors (Lipinski definition) is 0. The molecule has 1 atom stereocenters. The van der Waals surface area contributed by atoms with Crippen molar-refractivity contribution < 1.29 is 9.53 Å². The third-order valence-electron chi connectivity index (χ3n) is 1.09. The first kappa shape index (κ1) is 18.5. The van der Waals surface area contributed by atoms with E-state index in [1.807, 2.05) is 6.92 Å². The van der Waals surface area contributed by atoms with Crippen LogP contribution in [0.25, 0.3) is 0 Å². The highest BCUT2D eigenvalue weighted by molar-refractivity contribution is 9.09. The molecule has 3 nitrogen and oxygen atoms in total. The predicted molar refractivity (Wildman–Crippen MR) is 63.8 cm³/mol. The van der Waals surface area contributed by atoms with Gasteiger partial charge in [0.15, 0.2) is 0 Å². The summed E-state index contributed by atoms with van der Waals surface area (Å²) in [7, 11) is 1.68. The van der Waals surface area contributed by atoms with E-state index in [1.54, 1.807) is 14.0 Å². The number of alkyl halides is 1. The summed E-state index contributed by atoms with van der Waals surface area (Å²) in [6, 6.07) is 0. The second-order valence-corrected chi connectivity index (χ2v) is 3.21. The van der Waals surface area contributed by atoms with Crippen LogP contribution < -0.4 is 0 Å². The van der Waals surface area contributed by atoms with E-state index in [2.05, 4.69) is 15.9 Å². The van der Waals surface area contributed by atoms with E-state index < -0.39 is 0 Å². The largest absolute Gasteiger partial charge is 0.450 e. The topological polar surface area (TPSA) is 29.5 Å². The molecule has 0 N–H and O–H groups in total. The van der Waals surface area contributed by atoms with Gasteiger partial charge >= 0.3 is 6.09 Å². The summed E-state index contributed by atoms with van der Waals surface area (Å²) >= 11 is 3.24. The van der Waals surface area contributed by atoms with Gasteiger partial charge in [0.25, 0.3) is 0 Å². The third kappa shape index (κ3) is 7.36. The number of nitrogens with zero attached hydrogens (tertiary/aromatic N) is 1. The number of ether oxygens (including phenoxy) is 1. The predicted octanol–water partition coefficient (Wildman–Crippen LogP) is 2.97. The Balaban J connectivity index is -0.000000405. The van der Waals surface area contributed by atoms with Crippen LogP contribution in [0.5, 0.6) is 0 Å². The zero-order valence-electron chi connectivity index (χ0n) is 7.24. The van der Waals surface area contributed by atoms with E-state index in [1.165, 1.54) is 4.90 Å². The fourth-order valence-corrected chi connectivity index (χ4v) is 0.538. The normalized spacial score (nSPS) is 10.3. The van der Waals surface area contributed by atoms with Crippen molar-refractivity contribution in [3.05, 3.63) is 0 Å². The summed E-state index contributed by atoms with van der Waals surface area (Å²) in [6.45, 7) is 4.06. The number of halogens is 3. The van der Waals surface area contributed by atoms with Crippen molar-refractivity contribution in [1.29, 1.82) is 0 Å². The molecule has 0 aliphatic heterocycles. The summed E-state index contributed by atoms with van der Waals surface area (Å²) in [5.41, 5.74) is 0. The zero-order valence-corrected chi connectivity index (χ0v) is 12.3. The van der Waals surface area contributed by atoms with Crippen molar-refractivity contribution in [3.63, 3.8) is 0 Å². The molecular weight excluding hydrogens is 358 g/mol. The van der Waals surface area contributed by atoms with Crippen molar-refractivity contribution in [2.75, 3.05) is 13.7 Å². The van der Waals surface area contributed by atoms with Crippen LogP contribution >= 0.6 is 49.9 Å². The Morgan fingerprint density at radius 3 is 2.25 bits per heavy atom. The summed E-state index contributed by atoms with van der Waals surface area (Å²) in [5, 5.41) is 0. The van der Waals surface area contributed by atoms with Gasteiger partial charge in [-0.15, -0.1) is 34.0 Å². The van der Waals surface area contributed by atoms with Crippen molar-refractivity contribution >= 4 is 56.0 Å². The maximum atomic E-state index is 10.9. The molecular formula is C6H14Br3NO2. The first-order chi connectivity index (χ1) is 4.59. The summed E-state index contributed by atoms with van der Waals surface area (Å²) < 4.78 is 4.72. The highest BCUT2D eigenvalue weighted by Crippen LogP contribution is 2.04. The minimum absolute atomic E-state index is 0. The third-order valence-corrected chi connectivity index (χ3v) is 1.70. The molecule has 1 amide bonds. The summed E-state index contributed by atoms with van der Waals surface area (Å²) in [6.07, 6.45) is -0.299. The van der Waals surface area contributed by atoms with E-state index in [4.69, 9.17) is 4.74 Å². The number of carbonyl (C=O) groups excluding carboxylic acids is 1. The van der Waals surface area contributed by atoms with Crippen LogP contribution in [0.15, 0.2) is 0 Å². The fraction of sp³-hybridized carbons (Fsp3) is 0.833. The van der Waals surface area contributed by atoms with Crippen LogP contribution in [0.3, 0.4) is 0 Å². The van der Waals surface area contributed by atoms with Crippen LogP contribution in [-0.2, 0) is 4.74 Å². The Kier molecular flexibility index (Phi) is 15.1. The molecule has 0 spiro atoms. The fourth-order valence-electron chi connectivity index (χ4n) is 0.371. The molecule has 0 aromatic heterocycles. The minimum Gasteiger partial charge on any atom is -0.450 e. The number of rotatable bonds is 2. The Hall–Kier alpha value is 0.710. The molecule has 1 unspecified atom stereocenters. The van der Waals surface area contributed by atoms with Gasteiger partial charge in [-0.25, -0.2) is 4.79 Å². The average molecular weight is 372 g/mol. The molecule has 0 aromatic carbocycles. The van der Waals surface area contributed by atoms with E-state index in [0.717, 1.165) is 0 Å². The maximum Gasteiger partial charge on any atom is 0.410 e. The van der Waals surface area contributed by atoms with E-state index in [0.29, 0.717) is 6.61 Å². The van der Waals surface area contributed by atoms with E-state index >= 15 is 0 Å². The molecule has 0 rings (SSSR count). The lowest BCUT2D eigenvalue weighted by Crippen LogP contribution is -2.31. The monoisotopic (exact) mass is 369 g/mol. The number of amides is 1. The molecule has 0 aliphatic rings. The van der Waals surface area contributed by atoms with Gasteiger partial charge in [0.2, 0.25) is 0 Å². The highest BCUT2D eigenvalue weighted by atomic mass is 79.9. The molecule has 0 fully saturated rings. The van der Waals surface area contributed by atoms with Gasteiger partial charge < -0.3 is 4.74 Å². The lowest BCUT2D eigenvalue weighted by atomic mass is 10.6. The van der Waals surface area contributed by atoms with E-state index in [9.17, 15) is 4.79 Å². The highest BCUT2D eigenvalue weighted by Gasteiger charge is 2.12. The maximum absolute atomic E-state index is 10.9. The Labute approximate surface area is 102 Å². The lowest BCUT2D eigenvalue weighted by molar-refractivity contribution is 0.115. The average Bonchev–Trinajstić information content (AvgIpc) is 1.87. The molecule has 0 radical (unpaired) electrons. The Morgan fingerprint density at radius 2 is 2.00 bits per heavy atom. The van der Waals surface area contributed by atoms with Crippen LogP contribution in [0.2, 0.25) is 0 Å². The summed E-state index contributed by atoms with van der Waals surface area (Å²) in [4.78, 5) is 12.4. The van der Waals surface area contributed by atoms with Gasteiger partial charge in [-0.3, -0.25) is 4.90 Å². The number of hydrogen-bond acceptors (Lipinski definition) is 2. The van der Waals surface area contributed by atoms with Crippen molar-refractivity contribution in [3.8, 4) is 0 Å². The Bertz CT molecular complexity index is 121. The van der Waals surface area contributed by atoms with Gasteiger partial charge in [-0.05, 0) is 13.8 Å². The van der Waals surface area contributed by atoms with Gasteiger partial charge in [-0.2, -0.15) is 0 Å². The Morgan fingerprint density at radius 1 is 1.58 bits per heavy atom. The number of carbonyl (C=O) groups is 1. The summed E-state index contributed by atoms with van der Waals surface area (Å²) in [5.74, 6) is 0. The molecule has 0 aliphatic carbocycles. The second-order valence-electron chi connectivity index (χ2n) is 1.88. The van der Waals surface area contributed by atoms with Gasteiger partial charge in [-0.1, -0.05) is 15.9 Å². The second kappa shape index (κ2) is 9.80. The molecule has 12 heavy (non-hydrogen) atoms. The standard InChI is InChI=1S/C6H12BrNO2.2BrH/c1-4-10-6(9)8(3)5(2)7;;/h5H,4H2,1-3H3;2*1H. The SMILES string of the molecule is Br.Br.CCOC(=O)N(C)C(C)Br. The molecule has 0 saturated carbocycles. The van der Waals surface area contributed by atoms with Crippen molar-refractivity contribution in [2.24, 2.45) is 0 Å². The lowest BCUT2D eigenvalue weighted by Gasteiger charge is -2.18. The van der Waals surface area contributed by atoms with Gasteiger partial charge in [0.05, 0.1) is 11.6 Å². The first-order valence-corrected chi connectivity index (χ1v) is 4.04. The van der Waals surface area contributed by atoms with Crippen LogP contribution in [-0.4, -0.2) is 29.6 Å². The quantitative estimate of drug-likeness (QED) is 0.551. The van der Waals surface area contributed by atoms with Gasteiger partial charge in [0, 0.05) is 7.05 Å². The molecule has 6 heteroatoms. The van der Waals surface area contributed by atoms with Gasteiger partial charge in [0.1, 0.15) is 0 Å². The molecule has 0 bridgehead atoms. The minimum atomic E-state index is -0.299. The van der Waals surface area contributed by atoms with E-state index in [-0.39, 0.29) is 45.0 Å². The molecule has 0 saturated heterocycles. The van der Waals surface area contributed by atoms with Crippen LogP contribution in [0, 0.1) is 0 Å². The molecule has 0 aromatic rings. The van der Waals surface area contributed by atoms with Crippen molar-refractivity contribution in [1.82, 2.24) is 4.90 Å². The first-order valence-electron chi connectivity index (χ1n) is 3.13. The zero-order chi connectivity index (χ0) is 8.15. The molecule has 76 valence electrons. The molecule has 0 heterocycles. The van der Waals surface area contributed by atoms with Crippen molar-refractivity contribution in [2.45, 2.75) is 18.8 Å². The van der Waals surface area contributed by atoms with Crippen LogP contribution in [0.1, 0.15) is 13.8 Å². The van der Waals surface area contributed by atoms with Crippen LogP contribution in [0.4, 0.5) is 4.79 Å². The smallest absolute Gasteiger partial charge is 0.410 e.